The Bertz CT molecular complexity index is 1130. The zero-order valence-electron chi connectivity index (χ0n) is 20.2. The molecule has 1 aromatic carbocycles. The SMILES string of the molecule is CCC[C@H](C)OC(=O)[C@H](C)N[P@](=O)(OC[C@H]1OCC(n2ccc(N)nc2=O)O1)Oc1ccc(Br)cc1. The largest absolute Gasteiger partial charge is 0.462 e. The Morgan fingerprint density at radius 2 is 2.06 bits per heavy atom. The minimum Gasteiger partial charge on any atom is -0.462 e. The maximum absolute atomic E-state index is 13.6. The van der Waals surface area contributed by atoms with Gasteiger partial charge in [0.15, 0.2) is 12.5 Å². The van der Waals surface area contributed by atoms with E-state index in [1.165, 1.54) is 23.8 Å². The van der Waals surface area contributed by atoms with Crippen molar-refractivity contribution >= 4 is 35.5 Å². The molecule has 2 heterocycles. The van der Waals surface area contributed by atoms with Crippen LogP contribution >= 0.6 is 23.7 Å². The second-order valence-corrected chi connectivity index (χ2v) is 10.7. The molecule has 1 aromatic heterocycles. The summed E-state index contributed by atoms with van der Waals surface area (Å²) in [5.74, 6) is -0.258. The van der Waals surface area contributed by atoms with Gasteiger partial charge in [0, 0.05) is 10.7 Å². The van der Waals surface area contributed by atoms with E-state index in [0.29, 0.717) is 6.42 Å². The highest BCUT2D eigenvalue weighted by Crippen LogP contribution is 2.45. The van der Waals surface area contributed by atoms with Crippen LogP contribution < -0.4 is 21.0 Å². The van der Waals surface area contributed by atoms with Crippen LogP contribution in [0.15, 0.2) is 45.8 Å². The highest BCUT2D eigenvalue weighted by molar-refractivity contribution is 9.10. The van der Waals surface area contributed by atoms with Crippen LogP contribution in [0, 0.1) is 0 Å². The average molecular weight is 589 g/mol. The van der Waals surface area contributed by atoms with Crippen LogP contribution in [0.4, 0.5) is 5.82 Å². The quantitative estimate of drug-likeness (QED) is 0.277. The third kappa shape index (κ3) is 8.12. The Morgan fingerprint density at radius 3 is 2.72 bits per heavy atom. The summed E-state index contributed by atoms with van der Waals surface area (Å²) < 4.78 is 43.5. The number of nitrogen functional groups attached to an aromatic ring is 1. The number of nitrogens with zero attached hydrogens (tertiary/aromatic N) is 2. The van der Waals surface area contributed by atoms with Crippen LogP contribution in [0.25, 0.3) is 0 Å². The van der Waals surface area contributed by atoms with E-state index >= 15 is 0 Å². The summed E-state index contributed by atoms with van der Waals surface area (Å²) in [4.78, 5) is 28.2. The van der Waals surface area contributed by atoms with Gasteiger partial charge in [-0.05, 0) is 50.6 Å². The molecule has 5 atom stereocenters. The molecule has 0 amide bonds. The summed E-state index contributed by atoms with van der Waals surface area (Å²) >= 11 is 3.33. The van der Waals surface area contributed by atoms with Gasteiger partial charge in [0.2, 0.25) is 0 Å². The number of esters is 1. The molecule has 0 spiro atoms. The highest BCUT2D eigenvalue weighted by Gasteiger charge is 2.36. The van der Waals surface area contributed by atoms with Crippen molar-refractivity contribution in [2.24, 2.45) is 0 Å². The van der Waals surface area contributed by atoms with Crippen molar-refractivity contribution in [3.05, 3.63) is 51.5 Å². The van der Waals surface area contributed by atoms with Gasteiger partial charge >= 0.3 is 19.4 Å². The average Bonchev–Trinajstić information content (AvgIpc) is 3.28. The number of hydrogen-bond acceptors (Lipinski definition) is 10. The Balaban J connectivity index is 1.67. The molecule has 1 unspecified atom stereocenters. The molecule has 1 aliphatic rings. The van der Waals surface area contributed by atoms with Gasteiger partial charge in [-0.25, -0.2) is 9.36 Å². The summed E-state index contributed by atoms with van der Waals surface area (Å²) in [6.07, 6.45) is 0.973. The van der Waals surface area contributed by atoms with E-state index in [1.807, 2.05) is 6.92 Å². The Kier molecular flexibility index (Phi) is 10.1. The summed E-state index contributed by atoms with van der Waals surface area (Å²) in [7, 11) is -4.11. The first kappa shape index (κ1) is 28.3. The van der Waals surface area contributed by atoms with Crippen molar-refractivity contribution in [2.45, 2.75) is 58.3 Å². The first-order chi connectivity index (χ1) is 17.1. The third-order valence-corrected chi connectivity index (χ3v) is 7.21. The van der Waals surface area contributed by atoms with Crippen molar-refractivity contribution in [3.8, 4) is 5.75 Å². The Morgan fingerprint density at radius 1 is 1.33 bits per heavy atom. The number of ether oxygens (including phenoxy) is 3. The van der Waals surface area contributed by atoms with Gasteiger partial charge in [-0.2, -0.15) is 10.1 Å². The van der Waals surface area contributed by atoms with Crippen molar-refractivity contribution in [1.82, 2.24) is 14.6 Å². The molecule has 0 radical (unpaired) electrons. The van der Waals surface area contributed by atoms with E-state index in [4.69, 9.17) is 29.0 Å². The summed E-state index contributed by atoms with van der Waals surface area (Å²) in [6.45, 7) is 4.99. The standard InChI is InChI=1S/C22H30BrN4O8P/c1-4-5-14(2)33-21(28)15(3)26-36(30,35-17-8-6-16(23)7-9-17)32-13-20-31-12-19(34-20)27-11-10-18(24)25-22(27)29/h6-11,14-15,19-20H,4-5,12-13H2,1-3H3,(H,26,30)(H2,24,25,29)/t14-,15-,19?,20-,36-/m0/s1. The molecule has 1 aliphatic heterocycles. The predicted molar refractivity (Wildman–Crippen MR) is 134 cm³/mol. The fourth-order valence-corrected chi connectivity index (χ4v) is 5.00. The van der Waals surface area contributed by atoms with Crippen molar-refractivity contribution in [3.63, 3.8) is 0 Å². The molecule has 1 fully saturated rings. The van der Waals surface area contributed by atoms with E-state index in [1.54, 1.807) is 31.2 Å². The van der Waals surface area contributed by atoms with Gasteiger partial charge in [-0.15, -0.1) is 0 Å². The minimum absolute atomic E-state index is 0.0306. The number of carbonyl (C=O) groups excluding carboxylic acids is 1. The summed E-state index contributed by atoms with van der Waals surface area (Å²) in [6, 6.07) is 7.05. The van der Waals surface area contributed by atoms with Gasteiger partial charge in [0.25, 0.3) is 0 Å². The van der Waals surface area contributed by atoms with Gasteiger partial charge in [0.1, 0.15) is 24.2 Å². The maximum atomic E-state index is 13.6. The number of rotatable bonds is 12. The molecule has 14 heteroatoms. The Labute approximate surface area is 217 Å². The Hall–Kier alpha value is -2.28. The second-order valence-electron chi connectivity index (χ2n) is 8.12. The molecule has 198 valence electrons. The molecule has 3 N–H and O–H groups in total. The zero-order chi connectivity index (χ0) is 26.3. The van der Waals surface area contributed by atoms with E-state index in [0.717, 1.165) is 10.9 Å². The van der Waals surface area contributed by atoms with E-state index in [9.17, 15) is 14.2 Å². The van der Waals surface area contributed by atoms with Gasteiger partial charge in [-0.1, -0.05) is 29.3 Å². The molecule has 0 saturated carbocycles. The molecule has 1 saturated heterocycles. The van der Waals surface area contributed by atoms with E-state index in [2.05, 4.69) is 26.0 Å². The highest BCUT2D eigenvalue weighted by atomic mass is 79.9. The van der Waals surface area contributed by atoms with Crippen LogP contribution in [-0.4, -0.2) is 47.2 Å². The first-order valence-electron chi connectivity index (χ1n) is 11.4. The van der Waals surface area contributed by atoms with Crippen molar-refractivity contribution < 1.29 is 32.6 Å². The third-order valence-electron chi connectivity index (χ3n) is 5.03. The number of benzene rings is 1. The summed E-state index contributed by atoms with van der Waals surface area (Å²) in [5, 5.41) is 2.62. The molecular formula is C22H30BrN4O8P. The van der Waals surface area contributed by atoms with Crippen LogP contribution in [0.1, 0.15) is 39.8 Å². The normalized spacial score (nSPS) is 20.9. The molecule has 2 aromatic rings. The van der Waals surface area contributed by atoms with E-state index in [-0.39, 0.29) is 30.9 Å². The number of halogens is 1. The van der Waals surface area contributed by atoms with Crippen LogP contribution in [-0.2, 0) is 28.1 Å². The maximum Gasteiger partial charge on any atom is 0.459 e. The molecule has 3 rings (SSSR count). The number of aromatic nitrogens is 2. The fraction of sp³-hybridized carbons (Fsp3) is 0.500. The predicted octanol–water partition coefficient (Wildman–Crippen LogP) is 3.37. The van der Waals surface area contributed by atoms with Gasteiger partial charge in [-0.3, -0.25) is 13.9 Å². The number of hydrogen-bond donors (Lipinski definition) is 2. The molecular weight excluding hydrogens is 559 g/mol. The lowest BCUT2D eigenvalue weighted by Gasteiger charge is -2.24. The van der Waals surface area contributed by atoms with Gasteiger partial charge < -0.3 is 24.5 Å². The van der Waals surface area contributed by atoms with E-state index < -0.39 is 38.0 Å². The molecule has 36 heavy (non-hydrogen) atoms. The fourth-order valence-electron chi connectivity index (χ4n) is 3.26. The molecule has 12 nitrogen and oxygen atoms in total. The second kappa shape index (κ2) is 12.8. The van der Waals surface area contributed by atoms with Gasteiger partial charge in [0.05, 0.1) is 12.7 Å². The zero-order valence-corrected chi connectivity index (χ0v) is 22.6. The van der Waals surface area contributed by atoms with Crippen LogP contribution in [0.2, 0.25) is 0 Å². The number of carbonyl (C=O) groups is 1. The number of anilines is 1. The number of nitrogens with two attached hydrogens (primary N) is 1. The minimum atomic E-state index is -4.11. The first-order valence-corrected chi connectivity index (χ1v) is 13.7. The lowest BCUT2D eigenvalue weighted by Crippen LogP contribution is -2.37. The smallest absolute Gasteiger partial charge is 0.459 e. The number of nitrogens with one attached hydrogen (secondary N) is 1. The summed E-state index contributed by atoms with van der Waals surface area (Å²) in [5.41, 5.74) is 4.92. The molecule has 0 bridgehead atoms. The van der Waals surface area contributed by atoms with Crippen molar-refractivity contribution in [2.75, 3.05) is 18.9 Å². The monoisotopic (exact) mass is 588 g/mol. The molecule has 0 aliphatic carbocycles. The lowest BCUT2D eigenvalue weighted by molar-refractivity contribution is -0.150. The van der Waals surface area contributed by atoms with Crippen LogP contribution in [0.5, 0.6) is 5.75 Å². The lowest BCUT2D eigenvalue weighted by atomic mass is 10.2. The van der Waals surface area contributed by atoms with Crippen molar-refractivity contribution in [1.29, 1.82) is 0 Å². The topological polar surface area (TPSA) is 153 Å². The van der Waals surface area contributed by atoms with Crippen LogP contribution in [0.3, 0.4) is 0 Å².